The van der Waals surface area contributed by atoms with Crippen LogP contribution in [0.3, 0.4) is 0 Å². The second-order valence-electron chi connectivity index (χ2n) is 7.18. The van der Waals surface area contributed by atoms with Gasteiger partial charge in [0.15, 0.2) is 0 Å². The Morgan fingerprint density at radius 1 is 0.806 bits per heavy atom. The van der Waals surface area contributed by atoms with Crippen molar-refractivity contribution in [1.82, 2.24) is 10.6 Å². The third-order valence-electron chi connectivity index (χ3n) is 4.65. The molecule has 3 amide bonds. The van der Waals surface area contributed by atoms with Gasteiger partial charge in [0, 0.05) is 31.1 Å². The summed E-state index contributed by atoms with van der Waals surface area (Å²) in [6.45, 7) is 1.72. The van der Waals surface area contributed by atoms with Gasteiger partial charge in [0.2, 0.25) is 11.8 Å². The van der Waals surface area contributed by atoms with E-state index in [9.17, 15) is 14.4 Å². The van der Waals surface area contributed by atoms with E-state index in [1.165, 1.54) is 6.92 Å². The first-order valence-electron chi connectivity index (χ1n) is 10.1. The van der Waals surface area contributed by atoms with Crippen LogP contribution in [0.1, 0.15) is 28.4 Å². The van der Waals surface area contributed by atoms with Crippen LogP contribution in [0, 0.1) is 0 Å². The Labute approximate surface area is 181 Å². The lowest BCUT2D eigenvalue weighted by Crippen LogP contribution is -2.47. The molecule has 31 heavy (non-hydrogen) atoms. The van der Waals surface area contributed by atoms with E-state index in [1.54, 1.807) is 36.4 Å². The molecule has 6 heteroatoms. The molecule has 0 bridgehead atoms. The molecule has 0 spiro atoms. The summed E-state index contributed by atoms with van der Waals surface area (Å²) in [5, 5.41) is 8.46. The van der Waals surface area contributed by atoms with E-state index in [-0.39, 0.29) is 24.3 Å². The zero-order valence-corrected chi connectivity index (χ0v) is 17.3. The molecule has 0 aliphatic carbocycles. The van der Waals surface area contributed by atoms with E-state index in [4.69, 9.17) is 0 Å². The summed E-state index contributed by atoms with van der Waals surface area (Å²) >= 11 is 0. The first-order valence-corrected chi connectivity index (χ1v) is 10.1. The Bertz CT molecular complexity index is 1040. The molecule has 1 unspecified atom stereocenters. The van der Waals surface area contributed by atoms with Crippen molar-refractivity contribution in [2.75, 3.05) is 5.32 Å². The van der Waals surface area contributed by atoms with Gasteiger partial charge < -0.3 is 16.0 Å². The molecule has 0 aliphatic heterocycles. The van der Waals surface area contributed by atoms with E-state index < -0.39 is 6.04 Å². The highest BCUT2D eigenvalue weighted by Crippen LogP contribution is 2.11. The summed E-state index contributed by atoms with van der Waals surface area (Å²) in [6.07, 6.45) is 0.372. The monoisotopic (exact) mass is 415 g/mol. The number of amides is 3. The number of carbonyl (C=O) groups is 3. The van der Waals surface area contributed by atoms with Crippen LogP contribution in [0.2, 0.25) is 0 Å². The van der Waals surface area contributed by atoms with Crippen LogP contribution >= 0.6 is 0 Å². The minimum absolute atomic E-state index is 0.160. The smallest absolute Gasteiger partial charge is 0.251 e. The number of hydrogen-bond donors (Lipinski definition) is 3. The van der Waals surface area contributed by atoms with Gasteiger partial charge in [-0.1, -0.05) is 60.7 Å². The molecule has 0 saturated carbocycles. The molecule has 3 N–H and O–H groups in total. The van der Waals surface area contributed by atoms with Crippen LogP contribution in [-0.2, 0) is 22.6 Å². The Hall–Kier alpha value is -3.93. The average molecular weight is 415 g/mol. The van der Waals surface area contributed by atoms with E-state index in [0.29, 0.717) is 17.7 Å². The number of benzene rings is 3. The zero-order valence-electron chi connectivity index (χ0n) is 17.3. The van der Waals surface area contributed by atoms with Crippen molar-refractivity contribution in [2.45, 2.75) is 25.9 Å². The molecule has 0 saturated heterocycles. The minimum Gasteiger partial charge on any atom is -0.350 e. The highest BCUT2D eigenvalue weighted by Gasteiger charge is 2.21. The maximum Gasteiger partial charge on any atom is 0.251 e. The highest BCUT2D eigenvalue weighted by molar-refractivity contribution is 5.97. The SMILES string of the molecule is CC(=O)Nc1cccc(CNC(=O)C(Cc2ccccc2)NC(=O)c2ccccc2)c1. The van der Waals surface area contributed by atoms with Gasteiger partial charge in [0.05, 0.1) is 0 Å². The standard InChI is InChI=1S/C25H25N3O3/c1-18(29)27-22-14-8-11-20(15-22)17-26-25(31)23(16-19-9-4-2-5-10-19)28-24(30)21-12-6-3-7-13-21/h2-15,23H,16-17H2,1H3,(H,26,31)(H,27,29)(H,28,30). The summed E-state index contributed by atoms with van der Waals surface area (Å²) in [5.41, 5.74) is 2.95. The molecule has 0 aliphatic rings. The van der Waals surface area contributed by atoms with Crippen molar-refractivity contribution in [1.29, 1.82) is 0 Å². The summed E-state index contributed by atoms with van der Waals surface area (Å²) in [4.78, 5) is 36.8. The first-order chi connectivity index (χ1) is 15.0. The molecule has 3 aromatic carbocycles. The molecule has 0 fully saturated rings. The van der Waals surface area contributed by atoms with E-state index >= 15 is 0 Å². The van der Waals surface area contributed by atoms with Crippen molar-refractivity contribution in [2.24, 2.45) is 0 Å². The first kappa shape index (κ1) is 21.8. The molecule has 6 nitrogen and oxygen atoms in total. The molecule has 3 aromatic rings. The van der Waals surface area contributed by atoms with Gasteiger partial charge in [0.25, 0.3) is 5.91 Å². The molecular weight excluding hydrogens is 390 g/mol. The summed E-state index contributed by atoms with van der Waals surface area (Å²) < 4.78 is 0. The van der Waals surface area contributed by atoms with Gasteiger partial charge in [-0.3, -0.25) is 14.4 Å². The van der Waals surface area contributed by atoms with Crippen molar-refractivity contribution >= 4 is 23.4 Å². The average Bonchev–Trinajstić information content (AvgIpc) is 2.78. The largest absolute Gasteiger partial charge is 0.350 e. The quantitative estimate of drug-likeness (QED) is 0.528. The third-order valence-corrected chi connectivity index (χ3v) is 4.65. The lowest BCUT2D eigenvalue weighted by Gasteiger charge is -2.19. The minimum atomic E-state index is -0.728. The maximum absolute atomic E-state index is 13.0. The van der Waals surface area contributed by atoms with Crippen LogP contribution in [0.25, 0.3) is 0 Å². The number of carbonyl (C=O) groups excluding carboxylic acids is 3. The van der Waals surface area contributed by atoms with Gasteiger partial charge in [-0.05, 0) is 35.4 Å². The molecule has 3 rings (SSSR count). The van der Waals surface area contributed by atoms with Crippen molar-refractivity contribution in [3.8, 4) is 0 Å². The Balaban J connectivity index is 1.69. The second kappa shape index (κ2) is 10.7. The number of rotatable bonds is 8. The highest BCUT2D eigenvalue weighted by atomic mass is 16.2. The van der Waals surface area contributed by atoms with Crippen molar-refractivity contribution in [3.63, 3.8) is 0 Å². The predicted octanol–water partition coefficient (Wildman–Crippen LogP) is 3.30. The normalized spacial score (nSPS) is 11.3. The van der Waals surface area contributed by atoms with Crippen LogP contribution in [0.15, 0.2) is 84.9 Å². The Kier molecular flexibility index (Phi) is 7.54. The third kappa shape index (κ3) is 6.82. The van der Waals surface area contributed by atoms with Crippen LogP contribution < -0.4 is 16.0 Å². The fraction of sp³-hybridized carbons (Fsp3) is 0.160. The van der Waals surface area contributed by atoms with Crippen LogP contribution in [-0.4, -0.2) is 23.8 Å². The number of anilines is 1. The molecule has 0 radical (unpaired) electrons. The second-order valence-corrected chi connectivity index (χ2v) is 7.18. The lowest BCUT2D eigenvalue weighted by atomic mass is 10.0. The van der Waals surface area contributed by atoms with Gasteiger partial charge in [-0.2, -0.15) is 0 Å². The molecule has 0 aromatic heterocycles. The van der Waals surface area contributed by atoms with Crippen LogP contribution in [0.4, 0.5) is 5.69 Å². The fourth-order valence-electron chi connectivity index (χ4n) is 3.16. The summed E-state index contributed by atoms with van der Waals surface area (Å²) in [5.74, 6) is -0.741. The molecular formula is C25H25N3O3. The number of hydrogen-bond acceptors (Lipinski definition) is 3. The zero-order chi connectivity index (χ0) is 22.1. The van der Waals surface area contributed by atoms with Crippen molar-refractivity contribution in [3.05, 3.63) is 102 Å². The van der Waals surface area contributed by atoms with Crippen LogP contribution in [0.5, 0.6) is 0 Å². The maximum atomic E-state index is 13.0. The Morgan fingerprint density at radius 3 is 2.13 bits per heavy atom. The van der Waals surface area contributed by atoms with E-state index in [0.717, 1.165) is 11.1 Å². The van der Waals surface area contributed by atoms with Gasteiger partial charge in [-0.25, -0.2) is 0 Å². The lowest BCUT2D eigenvalue weighted by molar-refractivity contribution is -0.123. The van der Waals surface area contributed by atoms with E-state index in [1.807, 2.05) is 48.5 Å². The summed E-state index contributed by atoms with van der Waals surface area (Å²) in [6, 6.07) is 24.9. The summed E-state index contributed by atoms with van der Waals surface area (Å²) in [7, 11) is 0. The molecule has 158 valence electrons. The van der Waals surface area contributed by atoms with Gasteiger partial charge >= 0.3 is 0 Å². The van der Waals surface area contributed by atoms with Gasteiger partial charge in [-0.15, -0.1) is 0 Å². The molecule has 1 atom stereocenters. The van der Waals surface area contributed by atoms with E-state index in [2.05, 4.69) is 16.0 Å². The molecule has 0 heterocycles. The fourth-order valence-corrected chi connectivity index (χ4v) is 3.16. The van der Waals surface area contributed by atoms with Crippen molar-refractivity contribution < 1.29 is 14.4 Å². The van der Waals surface area contributed by atoms with Gasteiger partial charge in [0.1, 0.15) is 6.04 Å². The topological polar surface area (TPSA) is 87.3 Å². The number of nitrogens with one attached hydrogen (secondary N) is 3. The predicted molar refractivity (Wildman–Crippen MR) is 120 cm³/mol. The Morgan fingerprint density at radius 2 is 1.45 bits per heavy atom.